The Morgan fingerprint density at radius 2 is 1.82 bits per heavy atom. The lowest BCUT2D eigenvalue weighted by Crippen LogP contribution is -2.38. The summed E-state index contributed by atoms with van der Waals surface area (Å²) >= 11 is 0. The zero-order chi connectivity index (χ0) is 19.5. The van der Waals surface area contributed by atoms with Crippen molar-refractivity contribution in [1.29, 1.82) is 0 Å². The molecule has 0 aromatic heterocycles. The summed E-state index contributed by atoms with van der Waals surface area (Å²) < 4.78 is 0. The highest BCUT2D eigenvalue weighted by atomic mass is 16.2. The molecule has 1 fully saturated rings. The second kappa shape index (κ2) is 8.05. The molecule has 5 heteroatoms. The molecule has 0 unspecified atom stereocenters. The zero-order valence-corrected chi connectivity index (χ0v) is 16.4. The molecule has 2 aliphatic heterocycles. The van der Waals surface area contributed by atoms with Gasteiger partial charge in [-0.05, 0) is 55.0 Å². The Labute approximate surface area is 166 Å². The third kappa shape index (κ3) is 3.88. The van der Waals surface area contributed by atoms with Gasteiger partial charge in [0.25, 0.3) is 5.91 Å². The lowest BCUT2D eigenvalue weighted by Gasteiger charge is -2.30. The van der Waals surface area contributed by atoms with Gasteiger partial charge in [0.05, 0.1) is 6.54 Å². The predicted molar refractivity (Wildman–Crippen MR) is 112 cm³/mol. The monoisotopic (exact) mass is 377 g/mol. The van der Waals surface area contributed by atoms with Crippen LogP contribution in [0.25, 0.3) is 0 Å². The maximum Gasteiger partial charge on any atom is 0.253 e. The van der Waals surface area contributed by atoms with Gasteiger partial charge >= 0.3 is 0 Å². The van der Waals surface area contributed by atoms with Crippen LogP contribution in [-0.4, -0.2) is 42.9 Å². The molecule has 5 nitrogen and oxygen atoms in total. The molecule has 2 aliphatic rings. The van der Waals surface area contributed by atoms with E-state index >= 15 is 0 Å². The predicted octanol–water partition coefficient (Wildman–Crippen LogP) is 3.56. The van der Waals surface area contributed by atoms with Crippen LogP contribution in [0.5, 0.6) is 0 Å². The van der Waals surface area contributed by atoms with E-state index in [9.17, 15) is 9.59 Å². The Hall–Kier alpha value is -2.82. The second-order valence-corrected chi connectivity index (χ2v) is 7.83. The summed E-state index contributed by atoms with van der Waals surface area (Å²) in [5.74, 6) is 0.820. The number of carbonyl (C=O) groups is 2. The molecule has 2 aromatic rings. The van der Waals surface area contributed by atoms with E-state index in [0.717, 1.165) is 50.3 Å². The number of nitrogens with zero attached hydrogens (tertiary/aromatic N) is 2. The van der Waals surface area contributed by atoms with E-state index in [2.05, 4.69) is 18.3 Å². The van der Waals surface area contributed by atoms with Gasteiger partial charge in [-0.1, -0.05) is 31.2 Å². The minimum Gasteiger partial charge on any atom is -0.376 e. The molecule has 4 rings (SSSR count). The summed E-state index contributed by atoms with van der Waals surface area (Å²) in [6.45, 7) is 4.83. The number of para-hydroxylation sites is 1. The molecule has 0 aliphatic carbocycles. The van der Waals surface area contributed by atoms with Crippen LogP contribution in [0.3, 0.4) is 0 Å². The highest BCUT2D eigenvalue weighted by molar-refractivity contribution is 5.98. The number of carbonyl (C=O) groups excluding carboxylic acids is 2. The van der Waals surface area contributed by atoms with Crippen LogP contribution in [0.4, 0.5) is 11.4 Å². The topological polar surface area (TPSA) is 52.7 Å². The van der Waals surface area contributed by atoms with E-state index in [1.54, 1.807) is 0 Å². The maximum absolute atomic E-state index is 12.8. The molecule has 0 spiro atoms. The largest absolute Gasteiger partial charge is 0.376 e. The third-order valence-electron chi connectivity index (χ3n) is 5.81. The average molecular weight is 377 g/mol. The Kier molecular flexibility index (Phi) is 5.33. The molecule has 1 N–H and O–H groups in total. The number of nitrogens with one attached hydrogen (secondary N) is 1. The molecular formula is C23H27N3O2. The average Bonchev–Trinajstić information content (AvgIpc) is 3.16. The van der Waals surface area contributed by atoms with Gasteiger partial charge in [-0.2, -0.15) is 0 Å². The lowest BCUT2D eigenvalue weighted by molar-refractivity contribution is -0.116. The SMILES string of the molecule is CC1CCN(C(=O)c2cccc(NCC(=O)N3CCc4ccccc43)c2)CC1. The van der Waals surface area contributed by atoms with Crippen molar-refractivity contribution in [2.45, 2.75) is 26.2 Å². The smallest absolute Gasteiger partial charge is 0.253 e. The number of fused-ring (bicyclic) bond motifs is 1. The van der Waals surface area contributed by atoms with Crippen molar-refractivity contribution < 1.29 is 9.59 Å². The molecule has 0 radical (unpaired) electrons. The van der Waals surface area contributed by atoms with E-state index < -0.39 is 0 Å². The lowest BCUT2D eigenvalue weighted by atomic mass is 9.98. The number of amides is 2. The fourth-order valence-corrected chi connectivity index (χ4v) is 4.03. The van der Waals surface area contributed by atoms with Crippen LogP contribution in [-0.2, 0) is 11.2 Å². The van der Waals surface area contributed by atoms with Crippen molar-refractivity contribution in [3.8, 4) is 0 Å². The highest BCUT2D eigenvalue weighted by Crippen LogP contribution is 2.27. The van der Waals surface area contributed by atoms with Crippen LogP contribution in [0.1, 0.15) is 35.7 Å². The first-order valence-electron chi connectivity index (χ1n) is 10.1. The van der Waals surface area contributed by atoms with Gasteiger partial charge in [0.2, 0.25) is 5.91 Å². The van der Waals surface area contributed by atoms with Crippen molar-refractivity contribution in [3.63, 3.8) is 0 Å². The van der Waals surface area contributed by atoms with Gasteiger partial charge in [-0.15, -0.1) is 0 Å². The molecule has 2 amide bonds. The Morgan fingerprint density at radius 1 is 1.04 bits per heavy atom. The van der Waals surface area contributed by atoms with Crippen molar-refractivity contribution >= 4 is 23.2 Å². The van der Waals surface area contributed by atoms with Crippen LogP contribution >= 0.6 is 0 Å². The number of rotatable bonds is 4. The van der Waals surface area contributed by atoms with Crippen LogP contribution < -0.4 is 10.2 Å². The second-order valence-electron chi connectivity index (χ2n) is 7.83. The molecule has 146 valence electrons. The Bertz CT molecular complexity index is 872. The first kappa shape index (κ1) is 18.5. The first-order valence-corrected chi connectivity index (χ1v) is 10.1. The fourth-order valence-electron chi connectivity index (χ4n) is 4.03. The number of piperidine rings is 1. The highest BCUT2D eigenvalue weighted by Gasteiger charge is 2.24. The quantitative estimate of drug-likeness (QED) is 0.886. The van der Waals surface area contributed by atoms with Crippen molar-refractivity contribution in [3.05, 3.63) is 59.7 Å². The maximum atomic E-state index is 12.8. The van der Waals surface area contributed by atoms with Gasteiger partial charge in [0.1, 0.15) is 0 Å². The molecule has 0 saturated carbocycles. The summed E-state index contributed by atoms with van der Waals surface area (Å²) in [6, 6.07) is 15.5. The summed E-state index contributed by atoms with van der Waals surface area (Å²) in [4.78, 5) is 29.2. The normalized spacial score (nSPS) is 16.8. The minimum absolute atomic E-state index is 0.0479. The summed E-state index contributed by atoms with van der Waals surface area (Å²) in [5, 5.41) is 3.20. The molecular weight excluding hydrogens is 350 g/mol. The van der Waals surface area contributed by atoms with Gasteiger partial charge in [0, 0.05) is 36.6 Å². The van der Waals surface area contributed by atoms with Crippen molar-refractivity contribution in [2.24, 2.45) is 5.92 Å². The summed E-state index contributed by atoms with van der Waals surface area (Å²) in [6.07, 6.45) is 3.03. The number of likely N-dealkylation sites (tertiary alicyclic amines) is 1. The third-order valence-corrected chi connectivity index (χ3v) is 5.81. The van der Waals surface area contributed by atoms with E-state index in [4.69, 9.17) is 0 Å². The van der Waals surface area contributed by atoms with E-state index in [1.807, 2.05) is 52.3 Å². The van der Waals surface area contributed by atoms with Crippen molar-refractivity contribution in [1.82, 2.24) is 4.90 Å². The van der Waals surface area contributed by atoms with Gasteiger partial charge < -0.3 is 15.1 Å². The summed E-state index contributed by atoms with van der Waals surface area (Å²) in [7, 11) is 0. The van der Waals surface area contributed by atoms with E-state index in [1.165, 1.54) is 5.56 Å². The molecule has 0 atom stereocenters. The van der Waals surface area contributed by atoms with Gasteiger partial charge in [0.15, 0.2) is 0 Å². The molecule has 0 bridgehead atoms. The Balaban J connectivity index is 1.37. The van der Waals surface area contributed by atoms with Gasteiger partial charge in [-0.3, -0.25) is 9.59 Å². The number of hydrogen-bond acceptors (Lipinski definition) is 3. The number of benzene rings is 2. The fraction of sp³-hybridized carbons (Fsp3) is 0.391. The Morgan fingerprint density at radius 3 is 2.64 bits per heavy atom. The number of anilines is 2. The van der Waals surface area contributed by atoms with Crippen LogP contribution in [0.15, 0.2) is 48.5 Å². The summed E-state index contributed by atoms with van der Waals surface area (Å²) in [5.41, 5.74) is 3.72. The van der Waals surface area contributed by atoms with Gasteiger partial charge in [-0.25, -0.2) is 0 Å². The molecule has 2 heterocycles. The van der Waals surface area contributed by atoms with E-state index in [-0.39, 0.29) is 18.4 Å². The standard InChI is InChI=1S/C23H27N3O2/c1-17-9-12-25(13-10-17)23(28)19-6-4-7-20(15-19)24-16-22(27)26-14-11-18-5-2-3-8-21(18)26/h2-8,15,17,24H,9-14,16H2,1H3. The molecule has 2 aromatic carbocycles. The zero-order valence-electron chi connectivity index (χ0n) is 16.4. The van der Waals surface area contributed by atoms with Crippen LogP contribution in [0.2, 0.25) is 0 Å². The molecule has 28 heavy (non-hydrogen) atoms. The minimum atomic E-state index is 0.0479. The number of hydrogen-bond donors (Lipinski definition) is 1. The first-order chi connectivity index (χ1) is 13.6. The van der Waals surface area contributed by atoms with E-state index in [0.29, 0.717) is 11.5 Å². The van der Waals surface area contributed by atoms with Crippen molar-refractivity contribution in [2.75, 3.05) is 36.4 Å². The molecule has 1 saturated heterocycles. The van der Waals surface area contributed by atoms with Crippen LogP contribution in [0, 0.1) is 5.92 Å².